The highest BCUT2D eigenvalue weighted by Crippen LogP contribution is 2.36. The van der Waals surface area contributed by atoms with E-state index in [0.717, 1.165) is 10.5 Å². The summed E-state index contributed by atoms with van der Waals surface area (Å²) < 4.78 is 13.9. The summed E-state index contributed by atoms with van der Waals surface area (Å²) in [5.41, 5.74) is 2.07. The Morgan fingerprint density at radius 2 is 1.69 bits per heavy atom. The van der Waals surface area contributed by atoms with Crippen LogP contribution < -0.4 is 9.91 Å². The van der Waals surface area contributed by atoms with Crippen LogP contribution in [0.15, 0.2) is 46.7 Å². The van der Waals surface area contributed by atoms with Gasteiger partial charge in [-0.2, -0.15) is 5.11 Å². The fourth-order valence-electron chi connectivity index (χ4n) is 3.07. The van der Waals surface area contributed by atoms with Gasteiger partial charge in [-0.1, -0.05) is 29.0 Å². The molecule has 0 N–H and O–H groups in total. The number of benzene rings is 2. The highest BCUT2D eigenvalue weighted by atomic mass is 35.5. The highest BCUT2D eigenvalue weighted by Gasteiger charge is 2.55. The molecule has 132 valence electrons. The van der Waals surface area contributed by atoms with Crippen molar-refractivity contribution < 1.29 is 14.0 Å². The van der Waals surface area contributed by atoms with Crippen molar-refractivity contribution in [3.63, 3.8) is 0 Å². The average molecular weight is 373 g/mol. The minimum atomic E-state index is -0.952. The molecule has 0 saturated carbocycles. The van der Waals surface area contributed by atoms with Crippen LogP contribution in [0.4, 0.5) is 15.8 Å². The fraction of sp³-hybridized carbons (Fsp3) is 0.222. The molecule has 2 aromatic carbocycles. The Bertz CT molecular complexity index is 978. The van der Waals surface area contributed by atoms with Gasteiger partial charge in [0.2, 0.25) is 0 Å². The van der Waals surface area contributed by atoms with Gasteiger partial charge in [-0.25, -0.2) is 14.3 Å². The third-order valence-corrected chi connectivity index (χ3v) is 5.02. The Kier molecular flexibility index (Phi) is 3.77. The minimum Gasteiger partial charge on any atom is -0.271 e. The number of imide groups is 1. The lowest BCUT2D eigenvalue weighted by atomic mass is 10.1. The molecule has 0 spiro atoms. The first-order chi connectivity index (χ1) is 12.4. The predicted octanol–water partition coefficient (Wildman–Crippen LogP) is 3.59. The minimum absolute atomic E-state index is 0.189. The number of nitrogens with zero attached hydrogens (tertiary/aromatic N) is 4. The molecule has 2 aliphatic heterocycles. The summed E-state index contributed by atoms with van der Waals surface area (Å²) in [6.45, 7) is 3.47. The van der Waals surface area contributed by atoms with Gasteiger partial charge in [-0.3, -0.25) is 9.59 Å². The second-order valence-electron chi connectivity index (χ2n) is 6.32. The Balaban J connectivity index is 1.71. The molecule has 0 aromatic heterocycles. The number of aryl methyl sites for hydroxylation is 2. The van der Waals surface area contributed by atoms with E-state index >= 15 is 0 Å². The van der Waals surface area contributed by atoms with Crippen LogP contribution in [0, 0.1) is 19.7 Å². The van der Waals surface area contributed by atoms with E-state index < -0.39 is 29.7 Å². The standard InChI is InChI=1S/C18H14ClFN4O2/c1-9-3-6-12(7-13(9)19)24-16-15(21-22-24)17(25)23(18(16)26)11-5-4-10(2)14(20)8-11/h3-8,15-16H,1-2H3/t15-,16+/m0/s1. The zero-order chi connectivity index (χ0) is 18.6. The molecule has 2 aromatic rings. The van der Waals surface area contributed by atoms with Crippen LogP contribution in [0.25, 0.3) is 0 Å². The van der Waals surface area contributed by atoms with Gasteiger partial charge in [0, 0.05) is 5.02 Å². The molecule has 2 amide bonds. The normalized spacial score (nSPS) is 21.7. The lowest BCUT2D eigenvalue weighted by molar-refractivity contribution is -0.121. The number of halogens is 2. The van der Waals surface area contributed by atoms with Gasteiger partial charge in [0.15, 0.2) is 12.1 Å². The maximum Gasteiger partial charge on any atom is 0.263 e. The molecule has 2 aliphatic rings. The predicted molar refractivity (Wildman–Crippen MR) is 94.7 cm³/mol. The van der Waals surface area contributed by atoms with Crippen molar-refractivity contribution in [1.82, 2.24) is 0 Å². The zero-order valence-corrected chi connectivity index (χ0v) is 14.7. The molecule has 2 atom stereocenters. The Morgan fingerprint density at radius 1 is 1.00 bits per heavy atom. The number of carbonyl (C=O) groups excluding carboxylic acids is 2. The smallest absolute Gasteiger partial charge is 0.263 e. The topological polar surface area (TPSA) is 65.3 Å². The van der Waals surface area contributed by atoms with Crippen LogP contribution in [0.3, 0.4) is 0 Å². The maximum atomic E-state index is 13.9. The van der Waals surface area contributed by atoms with Crippen LogP contribution in [-0.4, -0.2) is 23.9 Å². The van der Waals surface area contributed by atoms with Crippen LogP contribution in [0.2, 0.25) is 5.02 Å². The van der Waals surface area contributed by atoms with E-state index in [1.54, 1.807) is 31.2 Å². The van der Waals surface area contributed by atoms with Crippen LogP contribution in [0.5, 0.6) is 0 Å². The first-order valence-electron chi connectivity index (χ1n) is 7.98. The van der Waals surface area contributed by atoms with Gasteiger partial charge in [0.1, 0.15) is 5.82 Å². The molecule has 0 bridgehead atoms. The van der Waals surface area contributed by atoms with E-state index in [4.69, 9.17) is 11.6 Å². The van der Waals surface area contributed by atoms with Crippen molar-refractivity contribution in [2.75, 3.05) is 9.91 Å². The molecule has 1 saturated heterocycles. The monoisotopic (exact) mass is 372 g/mol. The number of fused-ring (bicyclic) bond motifs is 1. The van der Waals surface area contributed by atoms with E-state index in [1.807, 2.05) is 6.92 Å². The first kappa shape index (κ1) is 16.7. The van der Waals surface area contributed by atoms with Gasteiger partial charge in [-0.15, -0.1) is 0 Å². The average Bonchev–Trinajstić information content (AvgIpc) is 3.14. The lowest BCUT2D eigenvalue weighted by Gasteiger charge is -2.21. The second kappa shape index (κ2) is 5.88. The van der Waals surface area contributed by atoms with Gasteiger partial charge >= 0.3 is 0 Å². The molecule has 0 radical (unpaired) electrons. The van der Waals surface area contributed by atoms with Crippen LogP contribution in [-0.2, 0) is 9.59 Å². The molecule has 4 rings (SSSR count). The van der Waals surface area contributed by atoms with E-state index in [9.17, 15) is 14.0 Å². The summed E-state index contributed by atoms with van der Waals surface area (Å²) in [6.07, 6.45) is 0. The van der Waals surface area contributed by atoms with Crippen molar-refractivity contribution in [3.05, 3.63) is 58.4 Å². The molecule has 8 heteroatoms. The third-order valence-electron chi connectivity index (χ3n) is 4.62. The van der Waals surface area contributed by atoms with Crippen molar-refractivity contribution in [2.45, 2.75) is 25.9 Å². The number of anilines is 2. The lowest BCUT2D eigenvalue weighted by Crippen LogP contribution is -2.40. The van der Waals surface area contributed by atoms with Gasteiger partial charge in [0.25, 0.3) is 11.8 Å². The number of hydrogen-bond acceptors (Lipinski definition) is 5. The van der Waals surface area contributed by atoms with E-state index in [1.165, 1.54) is 17.1 Å². The Hall–Kier alpha value is -2.80. The van der Waals surface area contributed by atoms with E-state index in [2.05, 4.69) is 10.3 Å². The van der Waals surface area contributed by atoms with Crippen molar-refractivity contribution in [2.24, 2.45) is 10.3 Å². The molecule has 26 heavy (non-hydrogen) atoms. The summed E-state index contributed by atoms with van der Waals surface area (Å²) in [5, 5.41) is 9.85. The van der Waals surface area contributed by atoms with Crippen molar-refractivity contribution in [3.8, 4) is 0 Å². The Morgan fingerprint density at radius 3 is 2.38 bits per heavy atom. The molecular weight excluding hydrogens is 359 g/mol. The molecule has 0 unspecified atom stereocenters. The number of rotatable bonds is 2. The molecule has 1 fully saturated rings. The van der Waals surface area contributed by atoms with Crippen LogP contribution in [0.1, 0.15) is 11.1 Å². The molecular formula is C18H14ClFN4O2. The third kappa shape index (κ3) is 2.39. The van der Waals surface area contributed by atoms with E-state index in [-0.39, 0.29) is 5.69 Å². The number of hydrogen-bond donors (Lipinski definition) is 0. The number of amides is 2. The van der Waals surface area contributed by atoms with Gasteiger partial charge in [0.05, 0.1) is 11.4 Å². The van der Waals surface area contributed by atoms with E-state index in [0.29, 0.717) is 16.3 Å². The largest absolute Gasteiger partial charge is 0.271 e. The van der Waals surface area contributed by atoms with Crippen molar-refractivity contribution >= 4 is 34.8 Å². The zero-order valence-electron chi connectivity index (χ0n) is 14.0. The number of carbonyl (C=O) groups is 2. The SMILES string of the molecule is Cc1ccc(N2C(=O)[C@H]3N=NN(c4ccc(C)c(Cl)c4)[C@H]3C2=O)cc1F. The summed E-state index contributed by atoms with van der Waals surface area (Å²) in [6, 6.07) is 7.62. The second-order valence-corrected chi connectivity index (χ2v) is 6.73. The highest BCUT2D eigenvalue weighted by molar-refractivity contribution is 6.31. The molecule has 6 nitrogen and oxygen atoms in total. The van der Waals surface area contributed by atoms with Gasteiger partial charge in [-0.05, 0) is 49.2 Å². The first-order valence-corrected chi connectivity index (χ1v) is 8.36. The fourth-order valence-corrected chi connectivity index (χ4v) is 3.25. The summed E-state index contributed by atoms with van der Waals surface area (Å²) in [7, 11) is 0. The summed E-state index contributed by atoms with van der Waals surface area (Å²) >= 11 is 6.15. The molecule has 2 heterocycles. The van der Waals surface area contributed by atoms with Crippen LogP contribution >= 0.6 is 11.6 Å². The maximum absolute atomic E-state index is 13.9. The molecule has 0 aliphatic carbocycles. The summed E-state index contributed by atoms with van der Waals surface area (Å²) in [4.78, 5) is 26.6. The Labute approximate surface area is 153 Å². The summed E-state index contributed by atoms with van der Waals surface area (Å²) in [5.74, 6) is -1.50. The quantitative estimate of drug-likeness (QED) is 0.756. The van der Waals surface area contributed by atoms with Crippen molar-refractivity contribution in [1.29, 1.82) is 0 Å². The van der Waals surface area contributed by atoms with Gasteiger partial charge < -0.3 is 0 Å².